The Morgan fingerprint density at radius 3 is 2.76 bits per heavy atom. The lowest BCUT2D eigenvalue weighted by molar-refractivity contribution is -0.144. The van der Waals surface area contributed by atoms with Crippen LogP contribution in [0.2, 0.25) is 0 Å². The number of nitrogens with one attached hydrogen (secondary N) is 1. The van der Waals surface area contributed by atoms with Crippen molar-refractivity contribution in [1.82, 2.24) is 5.32 Å². The quantitative estimate of drug-likeness (QED) is 0.772. The molecule has 0 heterocycles. The molecule has 4 heteroatoms. The van der Waals surface area contributed by atoms with Gasteiger partial charge in [0.15, 0.2) is 0 Å². The van der Waals surface area contributed by atoms with Gasteiger partial charge in [-0.05, 0) is 31.0 Å². The number of carboxylic acids is 1. The van der Waals surface area contributed by atoms with E-state index in [2.05, 4.69) is 11.9 Å². The van der Waals surface area contributed by atoms with E-state index < -0.39 is 17.3 Å². The molecule has 92 valence electrons. The highest BCUT2D eigenvalue weighted by atomic mass is 19.1. The van der Waals surface area contributed by atoms with Crippen LogP contribution in [0, 0.1) is 12.7 Å². The first kappa shape index (κ1) is 13.4. The first-order valence-electron chi connectivity index (χ1n) is 5.27. The summed E-state index contributed by atoms with van der Waals surface area (Å²) >= 11 is 0. The van der Waals surface area contributed by atoms with Crippen molar-refractivity contribution in [1.29, 1.82) is 0 Å². The van der Waals surface area contributed by atoms with Crippen molar-refractivity contribution in [2.75, 3.05) is 6.54 Å². The van der Waals surface area contributed by atoms with Gasteiger partial charge in [-0.2, -0.15) is 0 Å². The highest BCUT2D eigenvalue weighted by Gasteiger charge is 2.34. The van der Waals surface area contributed by atoms with Crippen molar-refractivity contribution in [3.05, 3.63) is 47.8 Å². The van der Waals surface area contributed by atoms with Gasteiger partial charge in [-0.3, -0.25) is 5.32 Å². The Labute approximate surface area is 100.0 Å². The minimum absolute atomic E-state index is 0.332. The highest BCUT2D eigenvalue weighted by Crippen LogP contribution is 2.23. The number of carbonyl (C=O) groups is 1. The van der Waals surface area contributed by atoms with Crippen LogP contribution in [0.4, 0.5) is 4.39 Å². The molecule has 0 bridgehead atoms. The second-order valence-electron chi connectivity index (χ2n) is 4.06. The zero-order chi connectivity index (χ0) is 13.1. The topological polar surface area (TPSA) is 49.3 Å². The van der Waals surface area contributed by atoms with Crippen molar-refractivity contribution < 1.29 is 14.3 Å². The Balaban J connectivity index is 3.17. The number of aryl methyl sites for hydroxylation is 1. The number of halogens is 1. The molecule has 0 fully saturated rings. The molecule has 0 radical (unpaired) electrons. The van der Waals surface area contributed by atoms with Crippen LogP contribution >= 0.6 is 0 Å². The molecule has 0 aromatic heterocycles. The van der Waals surface area contributed by atoms with Crippen molar-refractivity contribution >= 4 is 5.97 Å². The van der Waals surface area contributed by atoms with E-state index in [-0.39, 0.29) is 0 Å². The summed E-state index contributed by atoms with van der Waals surface area (Å²) in [4.78, 5) is 11.3. The van der Waals surface area contributed by atoms with Gasteiger partial charge >= 0.3 is 5.97 Å². The Kier molecular flexibility index (Phi) is 4.02. The zero-order valence-electron chi connectivity index (χ0n) is 9.96. The van der Waals surface area contributed by atoms with Gasteiger partial charge in [0.1, 0.15) is 11.4 Å². The summed E-state index contributed by atoms with van der Waals surface area (Å²) in [6, 6.07) is 4.43. The van der Waals surface area contributed by atoms with E-state index in [1.807, 2.05) is 0 Å². The Bertz CT molecular complexity index is 445. The van der Waals surface area contributed by atoms with Crippen LogP contribution in [-0.2, 0) is 10.3 Å². The van der Waals surface area contributed by atoms with Crippen LogP contribution in [0.15, 0.2) is 30.9 Å². The molecule has 1 aromatic rings. The first-order chi connectivity index (χ1) is 7.91. The van der Waals surface area contributed by atoms with Gasteiger partial charge in [0.2, 0.25) is 0 Å². The van der Waals surface area contributed by atoms with Crippen molar-refractivity contribution in [2.24, 2.45) is 0 Å². The standard InChI is InChI=1S/C13H16FNO2/c1-4-7-15-13(3,12(16)17)10-6-5-9(2)11(14)8-10/h4-6,8,15H,1,7H2,2-3H3,(H,16,17). The lowest BCUT2D eigenvalue weighted by atomic mass is 9.91. The van der Waals surface area contributed by atoms with Gasteiger partial charge in [-0.25, -0.2) is 9.18 Å². The van der Waals surface area contributed by atoms with Crippen molar-refractivity contribution in [3.63, 3.8) is 0 Å². The van der Waals surface area contributed by atoms with E-state index in [1.165, 1.54) is 13.0 Å². The third kappa shape index (κ3) is 2.71. The summed E-state index contributed by atoms with van der Waals surface area (Å²) in [7, 11) is 0. The van der Waals surface area contributed by atoms with Crippen LogP contribution in [0.3, 0.4) is 0 Å². The molecule has 2 N–H and O–H groups in total. The molecule has 0 amide bonds. The average Bonchev–Trinajstić information content (AvgIpc) is 2.29. The van der Waals surface area contributed by atoms with E-state index in [4.69, 9.17) is 0 Å². The predicted molar refractivity (Wildman–Crippen MR) is 64.3 cm³/mol. The van der Waals surface area contributed by atoms with E-state index in [0.717, 1.165) is 0 Å². The summed E-state index contributed by atoms with van der Waals surface area (Å²) in [5, 5.41) is 12.1. The Hall–Kier alpha value is -1.68. The van der Waals surface area contributed by atoms with E-state index in [9.17, 15) is 14.3 Å². The van der Waals surface area contributed by atoms with Gasteiger partial charge in [0.25, 0.3) is 0 Å². The SMILES string of the molecule is C=CCNC(C)(C(=O)O)c1ccc(C)c(F)c1. The normalized spacial score (nSPS) is 14.1. The molecule has 1 unspecified atom stereocenters. The van der Waals surface area contributed by atoms with Crippen LogP contribution in [0.5, 0.6) is 0 Å². The monoisotopic (exact) mass is 237 g/mol. The molecule has 0 aliphatic rings. The fourth-order valence-electron chi connectivity index (χ4n) is 1.48. The minimum atomic E-state index is -1.32. The number of aliphatic carboxylic acids is 1. The number of rotatable bonds is 5. The van der Waals surface area contributed by atoms with Gasteiger partial charge < -0.3 is 5.11 Å². The molecule has 1 aromatic carbocycles. The maximum absolute atomic E-state index is 13.5. The molecule has 0 aliphatic carbocycles. The zero-order valence-corrected chi connectivity index (χ0v) is 9.96. The lowest BCUT2D eigenvalue weighted by Gasteiger charge is -2.26. The minimum Gasteiger partial charge on any atom is -0.480 e. The van der Waals surface area contributed by atoms with E-state index in [1.54, 1.807) is 25.1 Å². The Morgan fingerprint density at radius 2 is 2.29 bits per heavy atom. The Morgan fingerprint density at radius 1 is 1.65 bits per heavy atom. The van der Waals surface area contributed by atoms with Gasteiger partial charge in [0, 0.05) is 6.54 Å². The largest absolute Gasteiger partial charge is 0.480 e. The first-order valence-corrected chi connectivity index (χ1v) is 5.27. The second kappa shape index (κ2) is 5.10. The molecule has 0 saturated heterocycles. The van der Waals surface area contributed by atoms with Crippen LogP contribution in [-0.4, -0.2) is 17.6 Å². The predicted octanol–water partition coefficient (Wildman–Crippen LogP) is 2.21. The molecular weight excluding hydrogens is 221 g/mol. The number of hydrogen-bond acceptors (Lipinski definition) is 2. The third-order valence-electron chi connectivity index (χ3n) is 2.78. The van der Waals surface area contributed by atoms with Crippen molar-refractivity contribution in [3.8, 4) is 0 Å². The van der Waals surface area contributed by atoms with E-state index in [0.29, 0.717) is 17.7 Å². The van der Waals surface area contributed by atoms with E-state index >= 15 is 0 Å². The molecule has 1 atom stereocenters. The maximum atomic E-state index is 13.5. The number of hydrogen-bond donors (Lipinski definition) is 2. The van der Waals surface area contributed by atoms with Crippen LogP contribution in [0.25, 0.3) is 0 Å². The average molecular weight is 237 g/mol. The molecule has 17 heavy (non-hydrogen) atoms. The summed E-state index contributed by atoms with van der Waals surface area (Å²) in [5.74, 6) is -1.46. The molecule has 3 nitrogen and oxygen atoms in total. The van der Waals surface area contributed by atoms with Gasteiger partial charge in [-0.15, -0.1) is 6.58 Å². The second-order valence-corrected chi connectivity index (χ2v) is 4.06. The fourth-order valence-corrected chi connectivity index (χ4v) is 1.48. The number of benzene rings is 1. The maximum Gasteiger partial charge on any atom is 0.328 e. The fraction of sp³-hybridized carbons (Fsp3) is 0.308. The summed E-state index contributed by atoms with van der Waals surface area (Å²) < 4.78 is 13.5. The van der Waals surface area contributed by atoms with Gasteiger partial charge in [-0.1, -0.05) is 18.2 Å². The summed E-state index contributed by atoms with van der Waals surface area (Å²) in [6.07, 6.45) is 1.56. The lowest BCUT2D eigenvalue weighted by Crippen LogP contribution is -2.46. The molecular formula is C13H16FNO2. The molecule has 0 aliphatic heterocycles. The van der Waals surface area contributed by atoms with Crippen molar-refractivity contribution in [2.45, 2.75) is 19.4 Å². The van der Waals surface area contributed by atoms with Gasteiger partial charge in [0.05, 0.1) is 0 Å². The summed E-state index contributed by atoms with van der Waals surface area (Å²) in [5.41, 5.74) is -0.442. The summed E-state index contributed by atoms with van der Waals surface area (Å²) in [6.45, 7) is 6.99. The molecule has 0 saturated carbocycles. The van der Waals surface area contributed by atoms with Crippen LogP contribution < -0.4 is 5.32 Å². The molecule has 1 rings (SSSR count). The number of carboxylic acid groups (broad SMARTS) is 1. The smallest absolute Gasteiger partial charge is 0.328 e. The highest BCUT2D eigenvalue weighted by molar-refractivity contribution is 5.80. The third-order valence-corrected chi connectivity index (χ3v) is 2.78. The molecule has 0 spiro atoms. The van der Waals surface area contributed by atoms with Crippen LogP contribution in [0.1, 0.15) is 18.1 Å².